The summed E-state index contributed by atoms with van der Waals surface area (Å²) in [7, 11) is 1.59. The van der Waals surface area contributed by atoms with Crippen LogP contribution in [0, 0.1) is 11.6 Å². The minimum absolute atomic E-state index is 0.193. The maximum atomic E-state index is 13.7. The van der Waals surface area contributed by atoms with E-state index in [0.29, 0.717) is 10.2 Å². The summed E-state index contributed by atoms with van der Waals surface area (Å²) in [5.74, 6) is -1.56. The highest BCUT2D eigenvalue weighted by Crippen LogP contribution is 2.31. The van der Waals surface area contributed by atoms with Crippen LogP contribution in [0.2, 0.25) is 5.02 Å². The summed E-state index contributed by atoms with van der Waals surface area (Å²) in [4.78, 5) is 0. The van der Waals surface area contributed by atoms with Crippen LogP contribution in [0.5, 0.6) is 0 Å². The number of hydrogen-bond acceptors (Lipinski definition) is 2. The molecule has 1 aromatic heterocycles. The highest BCUT2D eigenvalue weighted by molar-refractivity contribution is 9.10. The van der Waals surface area contributed by atoms with Gasteiger partial charge in [0.2, 0.25) is 0 Å². The molecule has 0 aliphatic carbocycles. The molecule has 2 rings (SSSR count). The van der Waals surface area contributed by atoms with Crippen molar-refractivity contribution in [2.24, 2.45) is 7.05 Å². The number of hydrogen-bond donors (Lipinski definition) is 1. The minimum atomic E-state index is -1.33. The topological polar surface area (TPSA) is 38.0 Å². The van der Waals surface area contributed by atoms with E-state index < -0.39 is 17.7 Å². The number of aryl methyl sites for hydroxylation is 1. The average Bonchev–Trinajstić information content (AvgIpc) is 2.63. The van der Waals surface area contributed by atoms with Crippen LogP contribution in [0.15, 0.2) is 22.8 Å². The van der Waals surface area contributed by atoms with Gasteiger partial charge in [0.05, 0.1) is 21.4 Å². The van der Waals surface area contributed by atoms with Gasteiger partial charge in [0.25, 0.3) is 0 Å². The number of aliphatic hydroxyl groups is 1. The van der Waals surface area contributed by atoms with E-state index in [0.717, 1.165) is 12.1 Å². The van der Waals surface area contributed by atoms with E-state index in [-0.39, 0.29) is 10.6 Å². The number of aliphatic hydroxyl groups excluding tert-OH is 1. The van der Waals surface area contributed by atoms with Crippen molar-refractivity contribution in [2.75, 3.05) is 0 Å². The number of aromatic nitrogens is 2. The Balaban J connectivity index is 2.53. The lowest BCUT2D eigenvalue weighted by Gasteiger charge is -2.13. The summed E-state index contributed by atoms with van der Waals surface area (Å²) < 4.78 is 28.9. The molecule has 0 amide bonds. The molecule has 0 aliphatic rings. The van der Waals surface area contributed by atoms with Crippen molar-refractivity contribution in [1.82, 2.24) is 9.78 Å². The van der Waals surface area contributed by atoms with Gasteiger partial charge in [-0.1, -0.05) is 11.6 Å². The zero-order valence-electron chi connectivity index (χ0n) is 9.16. The molecule has 0 fully saturated rings. The lowest BCUT2D eigenvalue weighted by Crippen LogP contribution is -2.09. The van der Waals surface area contributed by atoms with Crippen molar-refractivity contribution in [3.05, 3.63) is 50.7 Å². The Morgan fingerprint density at radius 1 is 1.39 bits per heavy atom. The first-order chi connectivity index (χ1) is 8.41. The van der Waals surface area contributed by atoms with E-state index >= 15 is 0 Å². The first-order valence-electron chi connectivity index (χ1n) is 4.91. The normalized spacial score (nSPS) is 12.8. The van der Waals surface area contributed by atoms with Crippen molar-refractivity contribution in [3.8, 4) is 0 Å². The molecule has 1 N–H and O–H groups in total. The molecule has 0 saturated carbocycles. The molecular weight excluding hydrogens is 329 g/mol. The maximum Gasteiger partial charge on any atom is 0.142 e. The molecule has 1 aromatic carbocycles. The van der Waals surface area contributed by atoms with E-state index in [4.69, 9.17) is 11.6 Å². The minimum Gasteiger partial charge on any atom is -0.382 e. The molecular formula is C11H8BrClF2N2O. The molecule has 18 heavy (non-hydrogen) atoms. The molecule has 1 atom stereocenters. The van der Waals surface area contributed by atoms with Crippen molar-refractivity contribution >= 4 is 27.5 Å². The SMILES string of the molecule is Cn1ncc(Br)c1C(O)c1cc(F)c(Cl)cc1F. The number of rotatable bonds is 2. The predicted octanol–water partition coefficient (Wildman–Crippen LogP) is 3.20. The largest absolute Gasteiger partial charge is 0.382 e. The average molecular weight is 338 g/mol. The molecule has 3 nitrogen and oxygen atoms in total. The van der Waals surface area contributed by atoms with Crippen molar-refractivity contribution in [1.29, 1.82) is 0 Å². The molecule has 7 heteroatoms. The second-order valence-corrected chi connectivity index (χ2v) is 4.95. The Morgan fingerprint density at radius 2 is 2.06 bits per heavy atom. The van der Waals surface area contributed by atoms with Crippen LogP contribution in [0.4, 0.5) is 8.78 Å². The van der Waals surface area contributed by atoms with Gasteiger partial charge in [0, 0.05) is 12.6 Å². The van der Waals surface area contributed by atoms with Gasteiger partial charge in [-0.3, -0.25) is 4.68 Å². The highest BCUT2D eigenvalue weighted by atomic mass is 79.9. The molecule has 0 saturated heterocycles. The fourth-order valence-electron chi connectivity index (χ4n) is 1.62. The third-order valence-electron chi connectivity index (χ3n) is 2.53. The van der Waals surface area contributed by atoms with Gasteiger partial charge in [-0.15, -0.1) is 0 Å². The Hall–Kier alpha value is -0.980. The number of benzene rings is 1. The number of nitrogens with zero attached hydrogens (tertiary/aromatic N) is 2. The monoisotopic (exact) mass is 336 g/mol. The molecule has 0 spiro atoms. The Bertz CT molecular complexity index is 583. The van der Waals surface area contributed by atoms with Crippen molar-refractivity contribution in [2.45, 2.75) is 6.10 Å². The van der Waals surface area contributed by atoms with Gasteiger partial charge in [-0.2, -0.15) is 5.10 Å². The van der Waals surface area contributed by atoms with Crippen molar-refractivity contribution in [3.63, 3.8) is 0 Å². The van der Waals surface area contributed by atoms with Gasteiger partial charge in [-0.05, 0) is 28.1 Å². The molecule has 1 unspecified atom stereocenters. The highest BCUT2D eigenvalue weighted by Gasteiger charge is 2.22. The molecule has 2 aromatic rings. The Labute approximate surface area is 115 Å². The molecule has 0 aliphatic heterocycles. The zero-order valence-corrected chi connectivity index (χ0v) is 11.5. The summed E-state index contributed by atoms with van der Waals surface area (Å²) in [5, 5.41) is 13.7. The van der Waals surface area contributed by atoms with Crippen LogP contribution in [0.3, 0.4) is 0 Å². The Kier molecular flexibility index (Phi) is 3.70. The molecule has 0 bridgehead atoms. The summed E-state index contributed by atoms with van der Waals surface area (Å²) in [6, 6.07) is 1.71. The van der Waals surface area contributed by atoms with Crippen molar-refractivity contribution < 1.29 is 13.9 Å². The second-order valence-electron chi connectivity index (χ2n) is 3.69. The van der Waals surface area contributed by atoms with E-state index in [1.165, 1.54) is 10.9 Å². The maximum absolute atomic E-state index is 13.7. The standard InChI is InChI=1S/C11H8BrClF2N2O/c1-17-10(6(12)4-16-17)11(18)5-2-9(15)7(13)3-8(5)14/h2-4,11,18H,1H3. The predicted molar refractivity (Wildman–Crippen MR) is 66.3 cm³/mol. The summed E-state index contributed by atoms with van der Waals surface area (Å²) in [5.41, 5.74) is 0.136. The lowest BCUT2D eigenvalue weighted by atomic mass is 10.1. The molecule has 0 radical (unpaired) electrons. The third kappa shape index (κ3) is 2.28. The third-order valence-corrected chi connectivity index (χ3v) is 3.43. The van der Waals surface area contributed by atoms with Crippen LogP contribution in [-0.2, 0) is 7.05 Å². The summed E-state index contributed by atoms with van der Waals surface area (Å²) >= 11 is 8.64. The fraction of sp³-hybridized carbons (Fsp3) is 0.182. The van der Waals surface area contributed by atoms with E-state index in [9.17, 15) is 13.9 Å². The summed E-state index contributed by atoms with van der Waals surface area (Å²) in [6.45, 7) is 0. The molecule has 1 heterocycles. The Morgan fingerprint density at radius 3 is 2.61 bits per heavy atom. The quantitative estimate of drug-likeness (QED) is 0.855. The van der Waals surface area contributed by atoms with Crippen LogP contribution in [0.25, 0.3) is 0 Å². The van der Waals surface area contributed by atoms with Crippen LogP contribution >= 0.6 is 27.5 Å². The van der Waals surface area contributed by atoms with Gasteiger partial charge in [0.1, 0.15) is 17.7 Å². The molecule has 96 valence electrons. The lowest BCUT2D eigenvalue weighted by molar-refractivity contribution is 0.203. The van der Waals surface area contributed by atoms with Crippen LogP contribution in [0.1, 0.15) is 17.4 Å². The van der Waals surface area contributed by atoms with Crippen LogP contribution < -0.4 is 0 Å². The van der Waals surface area contributed by atoms with Gasteiger partial charge >= 0.3 is 0 Å². The van der Waals surface area contributed by atoms with E-state index in [1.54, 1.807) is 7.05 Å². The van der Waals surface area contributed by atoms with E-state index in [2.05, 4.69) is 21.0 Å². The first-order valence-corrected chi connectivity index (χ1v) is 6.08. The second kappa shape index (κ2) is 4.95. The van der Waals surface area contributed by atoms with E-state index in [1.807, 2.05) is 0 Å². The smallest absolute Gasteiger partial charge is 0.142 e. The summed E-state index contributed by atoms with van der Waals surface area (Å²) in [6.07, 6.45) is 0.126. The van der Waals surface area contributed by atoms with Gasteiger partial charge in [0.15, 0.2) is 0 Å². The van der Waals surface area contributed by atoms with Gasteiger partial charge in [-0.25, -0.2) is 8.78 Å². The first kappa shape index (κ1) is 13.5. The van der Waals surface area contributed by atoms with Gasteiger partial charge < -0.3 is 5.11 Å². The zero-order chi connectivity index (χ0) is 13.4. The van der Waals surface area contributed by atoms with Crippen LogP contribution in [-0.4, -0.2) is 14.9 Å². The number of halogens is 4. The fourth-order valence-corrected chi connectivity index (χ4v) is 2.34.